The molecule has 0 heterocycles. The summed E-state index contributed by atoms with van der Waals surface area (Å²) in [6, 6.07) is 7.77. The lowest BCUT2D eigenvalue weighted by Crippen LogP contribution is -2.42. The molecular formula is C16H24FN. The Labute approximate surface area is 110 Å². The molecule has 1 N–H and O–H groups in total. The van der Waals surface area contributed by atoms with Gasteiger partial charge in [0, 0.05) is 18.0 Å². The number of benzene rings is 1. The predicted octanol–water partition coefficient (Wildman–Crippen LogP) is 4.03. The standard InChI is InChI=1S/C16H24FN/c1-13(2)18-12-16(10-6-3-7-11-16)14-8-4-5-9-15(14)17/h4-5,8-9,13,18H,3,6-7,10-12H2,1-2H3. The summed E-state index contributed by atoms with van der Waals surface area (Å²) in [6.07, 6.45) is 5.93. The number of nitrogens with one attached hydrogen (secondary N) is 1. The van der Waals surface area contributed by atoms with Crippen LogP contribution in [0.25, 0.3) is 0 Å². The summed E-state index contributed by atoms with van der Waals surface area (Å²) < 4.78 is 14.1. The van der Waals surface area contributed by atoms with Crippen LogP contribution in [0.3, 0.4) is 0 Å². The molecule has 0 unspecified atom stereocenters. The molecule has 1 fully saturated rings. The van der Waals surface area contributed by atoms with Crippen LogP contribution in [0.5, 0.6) is 0 Å². The number of rotatable bonds is 4. The van der Waals surface area contributed by atoms with E-state index >= 15 is 0 Å². The van der Waals surface area contributed by atoms with Crippen molar-refractivity contribution in [1.82, 2.24) is 5.32 Å². The van der Waals surface area contributed by atoms with Gasteiger partial charge in [0.2, 0.25) is 0 Å². The van der Waals surface area contributed by atoms with E-state index < -0.39 is 0 Å². The Morgan fingerprint density at radius 3 is 2.44 bits per heavy atom. The molecule has 2 heteroatoms. The molecule has 1 aliphatic carbocycles. The van der Waals surface area contributed by atoms with Gasteiger partial charge in [0.15, 0.2) is 0 Å². The van der Waals surface area contributed by atoms with Crippen LogP contribution in [0.15, 0.2) is 24.3 Å². The maximum atomic E-state index is 14.1. The van der Waals surface area contributed by atoms with Crippen molar-refractivity contribution in [2.75, 3.05) is 6.54 Å². The zero-order valence-corrected chi connectivity index (χ0v) is 11.5. The molecule has 0 amide bonds. The second-order valence-electron chi connectivity index (χ2n) is 5.86. The molecule has 0 aliphatic heterocycles. The fourth-order valence-corrected chi connectivity index (χ4v) is 3.06. The van der Waals surface area contributed by atoms with Crippen LogP contribution in [0.4, 0.5) is 4.39 Å². The average molecular weight is 249 g/mol. The van der Waals surface area contributed by atoms with Crippen molar-refractivity contribution in [3.8, 4) is 0 Å². The minimum Gasteiger partial charge on any atom is -0.314 e. The largest absolute Gasteiger partial charge is 0.314 e. The molecule has 1 aromatic carbocycles. The van der Waals surface area contributed by atoms with E-state index in [-0.39, 0.29) is 11.2 Å². The quantitative estimate of drug-likeness (QED) is 0.849. The van der Waals surface area contributed by atoms with Crippen LogP contribution in [-0.2, 0) is 5.41 Å². The van der Waals surface area contributed by atoms with Crippen molar-refractivity contribution in [1.29, 1.82) is 0 Å². The highest BCUT2D eigenvalue weighted by Crippen LogP contribution is 2.40. The molecule has 1 nitrogen and oxygen atoms in total. The Kier molecular flexibility index (Phi) is 4.39. The lowest BCUT2D eigenvalue weighted by atomic mass is 9.69. The normalized spacial score (nSPS) is 19.1. The molecule has 1 aromatic rings. The summed E-state index contributed by atoms with van der Waals surface area (Å²) in [5.41, 5.74) is 0.922. The van der Waals surface area contributed by atoms with Crippen LogP contribution in [0.2, 0.25) is 0 Å². The maximum Gasteiger partial charge on any atom is 0.127 e. The first-order valence-electron chi connectivity index (χ1n) is 7.12. The van der Waals surface area contributed by atoms with E-state index in [1.165, 1.54) is 19.3 Å². The summed E-state index contributed by atoms with van der Waals surface area (Å²) in [7, 11) is 0. The van der Waals surface area contributed by atoms with Crippen LogP contribution in [0.1, 0.15) is 51.5 Å². The molecule has 1 aliphatic rings. The minimum atomic E-state index is -0.0371. The molecule has 0 atom stereocenters. The smallest absolute Gasteiger partial charge is 0.127 e. The highest BCUT2D eigenvalue weighted by molar-refractivity contribution is 5.28. The van der Waals surface area contributed by atoms with Gasteiger partial charge >= 0.3 is 0 Å². The molecule has 18 heavy (non-hydrogen) atoms. The van der Waals surface area contributed by atoms with Gasteiger partial charge in [0.05, 0.1) is 0 Å². The zero-order valence-electron chi connectivity index (χ0n) is 11.5. The lowest BCUT2D eigenvalue weighted by Gasteiger charge is -2.39. The van der Waals surface area contributed by atoms with Crippen molar-refractivity contribution in [2.45, 2.75) is 57.4 Å². The SMILES string of the molecule is CC(C)NCC1(c2ccccc2F)CCCCC1. The first-order valence-corrected chi connectivity index (χ1v) is 7.12. The molecule has 0 radical (unpaired) electrons. The van der Waals surface area contributed by atoms with Crippen LogP contribution >= 0.6 is 0 Å². The zero-order chi connectivity index (χ0) is 13.0. The number of hydrogen-bond acceptors (Lipinski definition) is 1. The third-order valence-electron chi connectivity index (χ3n) is 4.10. The second-order valence-corrected chi connectivity index (χ2v) is 5.86. The van der Waals surface area contributed by atoms with Crippen LogP contribution in [0, 0.1) is 5.82 Å². The number of halogens is 1. The average Bonchev–Trinajstić information content (AvgIpc) is 2.38. The first kappa shape index (κ1) is 13.5. The van der Waals surface area contributed by atoms with Gasteiger partial charge in [-0.3, -0.25) is 0 Å². The van der Waals surface area contributed by atoms with Gasteiger partial charge in [-0.15, -0.1) is 0 Å². The predicted molar refractivity (Wildman–Crippen MR) is 74.3 cm³/mol. The van der Waals surface area contributed by atoms with E-state index in [2.05, 4.69) is 19.2 Å². The summed E-state index contributed by atoms with van der Waals surface area (Å²) in [5.74, 6) is -0.0371. The highest BCUT2D eigenvalue weighted by Gasteiger charge is 2.35. The van der Waals surface area contributed by atoms with Gasteiger partial charge < -0.3 is 5.32 Å². The van der Waals surface area contributed by atoms with Gasteiger partial charge in [0.1, 0.15) is 5.82 Å². The molecule has 0 saturated heterocycles. The van der Waals surface area contributed by atoms with Gasteiger partial charge in [-0.2, -0.15) is 0 Å². The van der Waals surface area contributed by atoms with Crippen molar-refractivity contribution in [3.63, 3.8) is 0 Å². The molecule has 1 saturated carbocycles. The van der Waals surface area contributed by atoms with Gasteiger partial charge in [-0.05, 0) is 24.5 Å². The third-order valence-corrected chi connectivity index (χ3v) is 4.10. The van der Waals surface area contributed by atoms with E-state index in [1.54, 1.807) is 12.1 Å². The molecular weight excluding hydrogens is 225 g/mol. The molecule has 0 spiro atoms. The van der Waals surface area contributed by atoms with Gasteiger partial charge in [0.25, 0.3) is 0 Å². The minimum absolute atomic E-state index is 0.00780. The lowest BCUT2D eigenvalue weighted by molar-refractivity contribution is 0.266. The molecule has 0 aromatic heterocycles. The second kappa shape index (κ2) is 5.83. The Morgan fingerprint density at radius 2 is 1.83 bits per heavy atom. The molecule has 0 bridgehead atoms. The third kappa shape index (κ3) is 2.92. The van der Waals surface area contributed by atoms with Crippen LogP contribution < -0.4 is 5.32 Å². The Bertz CT molecular complexity index is 380. The Hall–Kier alpha value is -0.890. The maximum absolute atomic E-state index is 14.1. The van der Waals surface area contributed by atoms with Crippen LogP contribution in [-0.4, -0.2) is 12.6 Å². The summed E-state index contributed by atoms with van der Waals surface area (Å²) >= 11 is 0. The number of hydrogen-bond donors (Lipinski definition) is 1. The van der Waals surface area contributed by atoms with Gasteiger partial charge in [-0.1, -0.05) is 51.3 Å². The van der Waals surface area contributed by atoms with E-state index in [1.807, 2.05) is 12.1 Å². The van der Waals surface area contributed by atoms with E-state index in [4.69, 9.17) is 0 Å². The van der Waals surface area contributed by atoms with E-state index in [0.29, 0.717) is 6.04 Å². The topological polar surface area (TPSA) is 12.0 Å². The fraction of sp³-hybridized carbons (Fsp3) is 0.625. The Morgan fingerprint density at radius 1 is 1.17 bits per heavy atom. The molecule has 100 valence electrons. The van der Waals surface area contributed by atoms with Crippen molar-refractivity contribution in [3.05, 3.63) is 35.6 Å². The monoisotopic (exact) mass is 249 g/mol. The van der Waals surface area contributed by atoms with E-state index in [9.17, 15) is 4.39 Å². The highest BCUT2D eigenvalue weighted by atomic mass is 19.1. The Balaban J connectivity index is 2.26. The molecule has 2 rings (SSSR count). The summed E-state index contributed by atoms with van der Waals surface area (Å²) in [4.78, 5) is 0. The van der Waals surface area contributed by atoms with E-state index in [0.717, 1.165) is 24.9 Å². The van der Waals surface area contributed by atoms with Crippen molar-refractivity contribution >= 4 is 0 Å². The van der Waals surface area contributed by atoms with Gasteiger partial charge in [-0.25, -0.2) is 4.39 Å². The first-order chi connectivity index (χ1) is 8.64. The van der Waals surface area contributed by atoms with Crippen molar-refractivity contribution < 1.29 is 4.39 Å². The summed E-state index contributed by atoms with van der Waals surface area (Å²) in [5, 5.41) is 3.52. The fourth-order valence-electron chi connectivity index (χ4n) is 3.06. The van der Waals surface area contributed by atoms with Crippen molar-refractivity contribution in [2.24, 2.45) is 0 Å². The summed E-state index contributed by atoms with van der Waals surface area (Å²) in [6.45, 7) is 5.20.